The van der Waals surface area contributed by atoms with Crippen LogP contribution in [0.4, 0.5) is 4.79 Å². The minimum atomic E-state index is -0.527. The molecule has 0 aliphatic carbocycles. The van der Waals surface area contributed by atoms with Gasteiger partial charge in [-0.15, -0.1) is 0 Å². The van der Waals surface area contributed by atoms with Crippen LogP contribution >= 0.6 is 0 Å². The number of nitrogens with zero attached hydrogens (tertiary/aromatic N) is 1. The molecule has 1 atom stereocenters. The van der Waals surface area contributed by atoms with Crippen LogP contribution in [0.2, 0.25) is 0 Å². The van der Waals surface area contributed by atoms with Crippen molar-refractivity contribution < 1.29 is 19.3 Å². The van der Waals surface area contributed by atoms with Crippen LogP contribution in [-0.4, -0.2) is 36.9 Å². The summed E-state index contributed by atoms with van der Waals surface area (Å²) >= 11 is 0. The van der Waals surface area contributed by atoms with Crippen LogP contribution in [0, 0.1) is 0 Å². The summed E-state index contributed by atoms with van der Waals surface area (Å²) in [6.07, 6.45) is 4.62. The first-order valence-corrected chi connectivity index (χ1v) is 11.3. The molecular formula is C27H37NO4. The normalized spacial score (nSPS) is 13.0. The number of benzene rings is 2. The van der Waals surface area contributed by atoms with E-state index in [0.717, 1.165) is 36.0 Å². The standard InChI is InChI=1S/C27H37NO4/c1-22(23-15-9-6-10-16-23)28(26(29)32-27(2,3)4)20-14-8-13-19-25(21-31-30-5)24-17-11-7-12-18-24/h6-7,9-12,15-19,22H,8,13-14,20-21H2,1-5H3/t22-/m0/s1. The molecule has 0 fully saturated rings. The van der Waals surface area contributed by atoms with Gasteiger partial charge in [-0.3, -0.25) is 0 Å². The van der Waals surface area contributed by atoms with E-state index in [0.29, 0.717) is 13.2 Å². The van der Waals surface area contributed by atoms with E-state index in [4.69, 9.17) is 14.5 Å². The lowest BCUT2D eigenvalue weighted by atomic mass is 10.0. The molecule has 0 bridgehead atoms. The number of ether oxygens (including phenoxy) is 1. The molecule has 0 spiro atoms. The van der Waals surface area contributed by atoms with Gasteiger partial charge in [0.1, 0.15) is 12.2 Å². The van der Waals surface area contributed by atoms with E-state index in [-0.39, 0.29) is 12.1 Å². The van der Waals surface area contributed by atoms with Crippen LogP contribution in [-0.2, 0) is 14.5 Å². The summed E-state index contributed by atoms with van der Waals surface area (Å²) in [5, 5.41) is 0. The molecule has 5 heteroatoms. The van der Waals surface area contributed by atoms with Crippen LogP contribution < -0.4 is 0 Å². The van der Waals surface area contributed by atoms with E-state index in [1.807, 2.05) is 74.2 Å². The Kier molecular flexibility index (Phi) is 10.4. The zero-order valence-electron chi connectivity index (χ0n) is 20.0. The Bertz CT molecular complexity index is 828. The summed E-state index contributed by atoms with van der Waals surface area (Å²) < 4.78 is 5.68. The van der Waals surface area contributed by atoms with E-state index in [1.54, 1.807) is 0 Å². The minimum absolute atomic E-state index is 0.0587. The summed E-state index contributed by atoms with van der Waals surface area (Å²) in [5.41, 5.74) is 2.79. The van der Waals surface area contributed by atoms with E-state index in [2.05, 4.69) is 25.1 Å². The molecule has 2 aromatic rings. The smallest absolute Gasteiger partial charge is 0.410 e. The first kappa shape index (κ1) is 25.6. The largest absolute Gasteiger partial charge is 0.444 e. The van der Waals surface area contributed by atoms with Crippen molar-refractivity contribution in [2.75, 3.05) is 20.3 Å². The average Bonchev–Trinajstić information content (AvgIpc) is 2.77. The number of amides is 1. The third kappa shape index (κ3) is 8.85. The maximum Gasteiger partial charge on any atom is 0.410 e. The molecule has 174 valence electrons. The maximum atomic E-state index is 12.9. The van der Waals surface area contributed by atoms with Crippen molar-refractivity contribution in [1.29, 1.82) is 0 Å². The minimum Gasteiger partial charge on any atom is -0.444 e. The van der Waals surface area contributed by atoms with Crippen molar-refractivity contribution >= 4 is 11.7 Å². The van der Waals surface area contributed by atoms with E-state index < -0.39 is 5.60 Å². The van der Waals surface area contributed by atoms with Crippen LogP contribution in [0.15, 0.2) is 66.7 Å². The fourth-order valence-electron chi connectivity index (χ4n) is 3.41. The highest BCUT2D eigenvalue weighted by Gasteiger charge is 2.26. The molecule has 2 rings (SSSR count). The predicted molar refractivity (Wildman–Crippen MR) is 129 cm³/mol. The number of hydrogen-bond acceptors (Lipinski definition) is 4. The van der Waals surface area contributed by atoms with Gasteiger partial charge in [0.05, 0.1) is 13.2 Å². The first-order chi connectivity index (χ1) is 15.3. The zero-order valence-corrected chi connectivity index (χ0v) is 20.0. The molecule has 0 saturated carbocycles. The highest BCUT2D eigenvalue weighted by molar-refractivity contribution is 5.69. The lowest BCUT2D eigenvalue weighted by Gasteiger charge is -2.32. The van der Waals surface area contributed by atoms with Crippen molar-refractivity contribution in [3.63, 3.8) is 0 Å². The third-order valence-corrected chi connectivity index (χ3v) is 5.10. The molecule has 0 radical (unpaired) electrons. The third-order valence-electron chi connectivity index (χ3n) is 5.10. The first-order valence-electron chi connectivity index (χ1n) is 11.3. The lowest BCUT2D eigenvalue weighted by Crippen LogP contribution is -2.39. The second-order valence-corrected chi connectivity index (χ2v) is 8.78. The second-order valence-electron chi connectivity index (χ2n) is 8.78. The fraction of sp³-hybridized carbons (Fsp3) is 0.444. The van der Waals surface area contributed by atoms with Crippen LogP contribution in [0.5, 0.6) is 0 Å². The van der Waals surface area contributed by atoms with Gasteiger partial charge < -0.3 is 9.64 Å². The Morgan fingerprint density at radius 3 is 2.22 bits per heavy atom. The Morgan fingerprint density at radius 2 is 1.62 bits per heavy atom. The maximum absolute atomic E-state index is 12.9. The van der Waals surface area contributed by atoms with Crippen LogP contribution in [0.25, 0.3) is 5.57 Å². The van der Waals surface area contributed by atoms with Gasteiger partial charge in [0, 0.05) is 6.54 Å². The molecule has 0 aliphatic heterocycles. The van der Waals surface area contributed by atoms with Gasteiger partial charge in [-0.25, -0.2) is 14.6 Å². The van der Waals surface area contributed by atoms with Crippen molar-refractivity contribution in [2.24, 2.45) is 0 Å². The van der Waals surface area contributed by atoms with Gasteiger partial charge in [-0.1, -0.05) is 66.7 Å². The van der Waals surface area contributed by atoms with Crippen LogP contribution in [0.3, 0.4) is 0 Å². The van der Waals surface area contributed by atoms with Crippen molar-refractivity contribution in [1.82, 2.24) is 4.90 Å². The van der Waals surface area contributed by atoms with Gasteiger partial charge in [-0.05, 0) is 63.7 Å². The summed E-state index contributed by atoms with van der Waals surface area (Å²) in [6, 6.07) is 20.2. The van der Waals surface area contributed by atoms with Gasteiger partial charge in [0.2, 0.25) is 0 Å². The average molecular weight is 440 g/mol. The fourth-order valence-corrected chi connectivity index (χ4v) is 3.41. The number of unbranched alkanes of at least 4 members (excludes halogenated alkanes) is 2. The van der Waals surface area contributed by atoms with Crippen molar-refractivity contribution in [2.45, 2.75) is 58.6 Å². The zero-order chi connectivity index (χ0) is 23.4. The van der Waals surface area contributed by atoms with Gasteiger partial charge in [0.15, 0.2) is 0 Å². The number of hydrogen-bond donors (Lipinski definition) is 0. The molecule has 1 amide bonds. The Labute approximate surface area is 192 Å². The predicted octanol–water partition coefficient (Wildman–Crippen LogP) is 6.82. The molecule has 0 N–H and O–H groups in total. The second kappa shape index (κ2) is 13.0. The van der Waals surface area contributed by atoms with Crippen molar-refractivity contribution in [3.8, 4) is 0 Å². The van der Waals surface area contributed by atoms with E-state index >= 15 is 0 Å². The molecule has 0 aromatic heterocycles. The lowest BCUT2D eigenvalue weighted by molar-refractivity contribution is -0.261. The summed E-state index contributed by atoms with van der Waals surface area (Å²) in [6.45, 7) is 8.77. The quantitative estimate of drug-likeness (QED) is 0.219. The summed E-state index contributed by atoms with van der Waals surface area (Å²) in [7, 11) is 1.52. The Hall–Kier alpha value is -2.63. The topological polar surface area (TPSA) is 48.0 Å². The van der Waals surface area contributed by atoms with Crippen molar-refractivity contribution in [3.05, 3.63) is 77.9 Å². The number of allylic oxidation sites excluding steroid dienone is 1. The van der Waals surface area contributed by atoms with Gasteiger partial charge >= 0.3 is 6.09 Å². The molecule has 0 saturated heterocycles. The highest BCUT2D eigenvalue weighted by atomic mass is 17.2. The number of carbonyl (C=O) groups excluding carboxylic acids is 1. The molecule has 0 heterocycles. The molecule has 0 aliphatic rings. The molecule has 5 nitrogen and oxygen atoms in total. The Morgan fingerprint density at radius 1 is 1.00 bits per heavy atom. The highest BCUT2D eigenvalue weighted by Crippen LogP contribution is 2.24. The molecule has 32 heavy (non-hydrogen) atoms. The van der Waals surface area contributed by atoms with Gasteiger partial charge in [-0.2, -0.15) is 0 Å². The van der Waals surface area contributed by atoms with Crippen LogP contribution in [0.1, 0.15) is 64.1 Å². The SMILES string of the molecule is COOCC(=CCCCCN(C(=O)OC(C)(C)C)[C@@H](C)c1ccccc1)c1ccccc1. The monoisotopic (exact) mass is 439 g/mol. The summed E-state index contributed by atoms with van der Waals surface area (Å²) in [4.78, 5) is 24.7. The van der Waals surface area contributed by atoms with Gasteiger partial charge in [0.25, 0.3) is 0 Å². The summed E-state index contributed by atoms with van der Waals surface area (Å²) in [5.74, 6) is 0. The van der Waals surface area contributed by atoms with E-state index in [9.17, 15) is 4.79 Å². The number of carbonyl (C=O) groups is 1. The molecule has 2 aromatic carbocycles. The molecule has 0 unspecified atom stereocenters. The number of rotatable bonds is 11. The Balaban J connectivity index is 2.00. The van der Waals surface area contributed by atoms with E-state index in [1.165, 1.54) is 7.11 Å². The molecular weight excluding hydrogens is 402 g/mol.